The molecule has 1 atom stereocenters. The Bertz CT molecular complexity index is 473. The van der Waals surface area contributed by atoms with Gasteiger partial charge < -0.3 is 9.84 Å². The number of imide groups is 1. The Labute approximate surface area is 125 Å². The summed E-state index contributed by atoms with van der Waals surface area (Å²) >= 11 is 0. The van der Waals surface area contributed by atoms with Gasteiger partial charge in [0.1, 0.15) is 11.9 Å². The molecular weight excluding hydrogens is 270 g/mol. The van der Waals surface area contributed by atoms with E-state index in [4.69, 9.17) is 4.74 Å². The van der Waals surface area contributed by atoms with Crippen LogP contribution in [0.25, 0.3) is 0 Å². The fourth-order valence-corrected chi connectivity index (χ4v) is 1.97. The number of rotatable bonds is 7. The van der Waals surface area contributed by atoms with E-state index in [0.29, 0.717) is 6.42 Å². The zero-order chi connectivity index (χ0) is 15.7. The van der Waals surface area contributed by atoms with Crippen LogP contribution in [0.15, 0.2) is 24.3 Å². The summed E-state index contributed by atoms with van der Waals surface area (Å²) in [6, 6.07) is 6.04. The van der Waals surface area contributed by atoms with Crippen LogP contribution in [0.5, 0.6) is 5.75 Å². The number of hydrogen-bond donors (Lipinski definition) is 2. The van der Waals surface area contributed by atoms with Crippen LogP contribution in [-0.4, -0.2) is 23.2 Å². The molecular formula is C16H23NO4. The van der Waals surface area contributed by atoms with Crippen molar-refractivity contribution in [2.24, 2.45) is 0 Å². The average Bonchev–Trinajstić information content (AvgIpc) is 2.46. The van der Waals surface area contributed by atoms with Crippen molar-refractivity contribution in [2.45, 2.75) is 52.1 Å². The maximum Gasteiger partial charge on any atom is 0.414 e. The third-order valence-corrected chi connectivity index (χ3v) is 3.22. The first kappa shape index (κ1) is 17.0. The van der Waals surface area contributed by atoms with Crippen molar-refractivity contribution in [3.63, 3.8) is 0 Å². The van der Waals surface area contributed by atoms with Crippen LogP contribution in [0.4, 0.5) is 4.79 Å². The summed E-state index contributed by atoms with van der Waals surface area (Å²) in [5.41, 5.74) is 0.0495. The summed E-state index contributed by atoms with van der Waals surface area (Å²) in [5, 5.41) is 11.7. The molecule has 2 amide bonds. The Balaban J connectivity index is 2.48. The van der Waals surface area contributed by atoms with Crippen LogP contribution in [0.1, 0.15) is 56.3 Å². The topological polar surface area (TPSA) is 75.6 Å². The Kier molecular flexibility index (Phi) is 7.29. The predicted octanol–water partition coefficient (Wildman–Crippen LogP) is 3.62. The number of carbonyl (C=O) groups excluding carboxylic acids is 2. The quantitative estimate of drug-likeness (QED) is 0.753. The molecule has 0 spiro atoms. The van der Waals surface area contributed by atoms with Gasteiger partial charge in [0.2, 0.25) is 0 Å². The molecule has 21 heavy (non-hydrogen) atoms. The summed E-state index contributed by atoms with van der Waals surface area (Å²) in [4.78, 5) is 23.5. The highest BCUT2D eigenvalue weighted by atomic mass is 16.6. The van der Waals surface area contributed by atoms with Crippen LogP contribution in [0.3, 0.4) is 0 Å². The van der Waals surface area contributed by atoms with Crippen LogP contribution in [-0.2, 0) is 4.74 Å². The Hall–Kier alpha value is -2.04. The highest BCUT2D eigenvalue weighted by molar-refractivity contribution is 6.04. The molecule has 0 saturated heterocycles. The second kappa shape index (κ2) is 9.00. The standard InChI is InChI=1S/C16H23NO4/c1-3-5-6-9-12(4-2)21-16(20)17-15(19)13-10-7-8-11-14(13)18/h7-8,10-12,18H,3-6,9H2,1-2H3,(H,17,19,20). The predicted molar refractivity (Wildman–Crippen MR) is 80.3 cm³/mol. The van der Waals surface area contributed by atoms with Crippen molar-refractivity contribution in [1.82, 2.24) is 5.32 Å². The second-order valence-corrected chi connectivity index (χ2v) is 4.90. The number of aromatic hydroxyl groups is 1. The molecule has 116 valence electrons. The number of phenolic OH excluding ortho intramolecular Hbond substituents is 1. The smallest absolute Gasteiger partial charge is 0.414 e. The van der Waals surface area contributed by atoms with Gasteiger partial charge in [0.15, 0.2) is 0 Å². The zero-order valence-corrected chi connectivity index (χ0v) is 12.6. The molecule has 1 aromatic carbocycles. The van der Waals surface area contributed by atoms with Crippen molar-refractivity contribution in [3.05, 3.63) is 29.8 Å². The molecule has 0 aliphatic heterocycles. The number of nitrogens with one attached hydrogen (secondary N) is 1. The lowest BCUT2D eigenvalue weighted by atomic mass is 10.1. The summed E-state index contributed by atoms with van der Waals surface area (Å²) < 4.78 is 5.23. The van der Waals surface area contributed by atoms with Gasteiger partial charge in [-0.1, -0.05) is 38.8 Å². The lowest BCUT2D eigenvalue weighted by Gasteiger charge is -2.16. The first-order valence-corrected chi connectivity index (χ1v) is 7.38. The molecule has 0 saturated carbocycles. The van der Waals surface area contributed by atoms with Gasteiger partial charge in [-0.3, -0.25) is 10.1 Å². The summed E-state index contributed by atoms with van der Waals surface area (Å²) in [7, 11) is 0. The van der Waals surface area contributed by atoms with Crippen molar-refractivity contribution >= 4 is 12.0 Å². The molecule has 1 rings (SSSR count). The fraction of sp³-hybridized carbons (Fsp3) is 0.500. The van der Waals surface area contributed by atoms with E-state index in [2.05, 4.69) is 12.2 Å². The lowest BCUT2D eigenvalue weighted by molar-refractivity contribution is 0.0777. The Morgan fingerprint density at radius 3 is 2.57 bits per heavy atom. The van der Waals surface area contributed by atoms with Gasteiger partial charge in [-0.2, -0.15) is 0 Å². The molecule has 0 fully saturated rings. The summed E-state index contributed by atoms with van der Waals surface area (Å²) in [6.07, 6.45) is 3.74. The highest BCUT2D eigenvalue weighted by Gasteiger charge is 2.17. The number of benzene rings is 1. The van der Waals surface area contributed by atoms with E-state index in [-0.39, 0.29) is 17.4 Å². The number of ether oxygens (including phenoxy) is 1. The minimum absolute atomic E-state index is 0.0495. The Morgan fingerprint density at radius 2 is 1.95 bits per heavy atom. The number of carbonyl (C=O) groups is 2. The highest BCUT2D eigenvalue weighted by Crippen LogP contribution is 2.15. The first-order valence-electron chi connectivity index (χ1n) is 7.38. The lowest BCUT2D eigenvalue weighted by Crippen LogP contribution is -2.33. The van der Waals surface area contributed by atoms with Gasteiger partial charge >= 0.3 is 6.09 Å². The molecule has 1 unspecified atom stereocenters. The van der Waals surface area contributed by atoms with E-state index < -0.39 is 12.0 Å². The van der Waals surface area contributed by atoms with Gasteiger partial charge in [0.25, 0.3) is 5.91 Å². The fourth-order valence-electron chi connectivity index (χ4n) is 1.97. The molecule has 0 radical (unpaired) electrons. The molecule has 2 N–H and O–H groups in total. The average molecular weight is 293 g/mol. The van der Waals surface area contributed by atoms with E-state index in [1.54, 1.807) is 12.1 Å². The maximum atomic E-state index is 11.8. The molecule has 0 aliphatic carbocycles. The van der Waals surface area contributed by atoms with Gasteiger partial charge in [-0.15, -0.1) is 0 Å². The molecule has 0 aliphatic rings. The van der Waals surface area contributed by atoms with Crippen LogP contribution >= 0.6 is 0 Å². The number of amides is 2. The van der Waals surface area contributed by atoms with Gasteiger partial charge in [0.05, 0.1) is 5.56 Å². The van der Waals surface area contributed by atoms with Crippen LogP contribution in [0.2, 0.25) is 0 Å². The second-order valence-electron chi connectivity index (χ2n) is 4.90. The molecule has 5 heteroatoms. The number of hydrogen-bond acceptors (Lipinski definition) is 4. The molecule has 5 nitrogen and oxygen atoms in total. The molecule has 0 heterocycles. The van der Waals surface area contributed by atoms with E-state index >= 15 is 0 Å². The Morgan fingerprint density at radius 1 is 1.24 bits per heavy atom. The third kappa shape index (κ3) is 5.85. The van der Waals surface area contributed by atoms with Gasteiger partial charge in [0, 0.05) is 0 Å². The third-order valence-electron chi connectivity index (χ3n) is 3.22. The van der Waals surface area contributed by atoms with Gasteiger partial charge in [-0.25, -0.2) is 4.79 Å². The van der Waals surface area contributed by atoms with E-state index in [9.17, 15) is 14.7 Å². The minimum Gasteiger partial charge on any atom is -0.507 e. The van der Waals surface area contributed by atoms with Gasteiger partial charge in [-0.05, 0) is 31.4 Å². The SMILES string of the molecule is CCCCCC(CC)OC(=O)NC(=O)c1ccccc1O. The largest absolute Gasteiger partial charge is 0.507 e. The van der Waals surface area contributed by atoms with Crippen LogP contribution < -0.4 is 5.32 Å². The van der Waals surface area contributed by atoms with E-state index in [0.717, 1.165) is 25.7 Å². The number of alkyl carbamates (subject to hydrolysis) is 1. The number of unbranched alkanes of at least 4 members (excludes halogenated alkanes) is 2. The maximum absolute atomic E-state index is 11.8. The minimum atomic E-state index is -0.772. The van der Waals surface area contributed by atoms with Crippen molar-refractivity contribution in [3.8, 4) is 5.75 Å². The van der Waals surface area contributed by atoms with Crippen molar-refractivity contribution in [2.75, 3.05) is 0 Å². The molecule has 0 aromatic heterocycles. The first-order chi connectivity index (χ1) is 10.1. The zero-order valence-electron chi connectivity index (χ0n) is 12.6. The van der Waals surface area contributed by atoms with E-state index in [1.165, 1.54) is 12.1 Å². The van der Waals surface area contributed by atoms with Crippen molar-refractivity contribution in [1.29, 1.82) is 0 Å². The van der Waals surface area contributed by atoms with Crippen molar-refractivity contribution < 1.29 is 19.4 Å². The summed E-state index contributed by atoms with van der Waals surface area (Å²) in [6.45, 7) is 4.05. The number of phenols is 1. The van der Waals surface area contributed by atoms with E-state index in [1.807, 2.05) is 6.92 Å². The number of para-hydroxylation sites is 1. The monoisotopic (exact) mass is 293 g/mol. The summed E-state index contributed by atoms with van der Waals surface area (Å²) in [5.74, 6) is -0.834. The molecule has 1 aromatic rings. The normalized spacial score (nSPS) is 11.7. The van der Waals surface area contributed by atoms with Crippen LogP contribution in [0, 0.1) is 0 Å². The molecule has 0 bridgehead atoms.